The zero-order valence-corrected chi connectivity index (χ0v) is 14.7. The second-order valence-corrected chi connectivity index (χ2v) is 6.31. The fourth-order valence-electron chi connectivity index (χ4n) is 3.24. The van der Waals surface area contributed by atoms with Crippen molar-refractivity contribution < 1.29 is 19.3 Å². The van der Waals surface area contributed by atoms with Gasteiger partial charge in [-0.25, -0.2) is 9.49 Å². The number of aryl methyl sites for hydroxylation is 1. The fourth-order valence-corrected chi connectivity index (χ4v) is 3.24. The highest BCUT2D eigenvalue weighted by Crippen LogP contribution is 2.38. The monoisotopic (exact) mass is 376 g/mol. The first-order chi connectivity index (χ1) is 13.4. The van der Waals surface area contributed by atoms with Gasteiger partial charge in [0, 0.05) is 5.56 Å². The number of nitrogens with zero attached hydrogens (tertiary/aromatic N) is 3. The van der Waals surface area contributed by atoms with Gasteiger partial charge in [0.05, 0.1) is 5.69 Å². The van der Waals surface area contributed by atoms with Crippen LogP contribution in [-0.4, -0.2) is 20.3 Å². The molecule has 0 aliphatic rings. The van der Waals surface area contributed by atoms with E-state index in [2.05, 4.69) is 16.2 Å². The molecule has 2 aromatic carbocycles. The van der Waals surface area contributed by atoms with E-state index in [1.54, 1.807) is 22.9 Å². The molecule has 5 N–H and O–H groups in total. The topological polar surface area (TPSA) is 123 Å². The van der Waals surface area contributed by atoms with Crippen LogP contribution in [0, 0.1) is 24.1 Å². The van der Waals surface area contributed by atoms with Gasteiger partial charge in [-0.3, -0.25) is 0 Å². The van der Waals surface area contributed by atoms with Crippen LogP contribution >= 0.6 is 0 Å². The van der Waals surface area contributed by atoms with E-state index in [1.165, 1.54) is 24.3 Å². The van der Waals surface area contributed by atoms with Crippen LogP contribution in [0.1, 0.15) is 11.3 Å². The van der Waals surface area contributed by atoms with Gasteiger partial charge in [0.2, 0.25) is 0 Å². The largest absolute Gasteiger partial charge is 0.504 e. The number of H-pyrrole nitrogens is 1. The summed E-state index contributed by atoms with van der Waals surface area (Å²) in [6.07, 6.45) is 0. The predicted molar refractivity (Wildman–Crippen MR) is 100 cm³/mol. The summed E-state index contributed by atoms with van der Waals surface area (Å²) in [6.45, 7) is 1.81. The number of fused-ring (bicyclic) bond motifs is 1. The number of aromatic nitrogens is 3. The van der Waals surface area contributed by atoms with Crippen molar-refractivity contribution >= 4 is 16.9 Å². The summed E-state index contributed by atoms with van der Waals surface area (Å²) < 4.78 is 14.9. The Balaban J connectivity index is 2.10. The summed E-state index contributed by atoms with van der Waals surface area (Å²) in [5, 5.41) is 33.0. The van der Waals surface area contributed by atoms with Crippen LogP contribution in [0.2, 0.25) is 0 Å². The molecule has 2 aromatic heterocycles. The average Bonchev–Trinajstić information content (AvgIpc) is 2.99. The van der Waals surface area contributed by atoms with E-state index < -0.39 is 0 Å². The number of aromatic hydroxyl groups is 2. The van der Waals surface area contributed by atoms with Gasteiger partial charge in [0.15, 0.2) is 17.2 Å². The molecule has 0 bridgehead atoms. The van der Waals surface area contributed by atoms with E-state index in [9.17, 15) is 19.9 Å². The number of phenolic OH excluding ortho intramolecular Hbond substituents is 2. The number of nitrogen functional groups attached to an aromatic ring is 1. The molecule has 8 heteroatoms. The minimum atomic E-state index is -0.364. The predicted octanol–water partition coefficient (Wildman–Crippen LogP) is 2.82. The van der Waals surface area contributed by atoms with Crippen LogP contribution in [0.4, 0.5) is 10.2 Å². The standard InChI is InChI=1S/C20H14FN5O2/c1-10-17-18(11-2-7-15(27)16(28)8-11)14(9-22)19(23)24-20(17)26(25-10)13-5-3-12(21)4-6-13/h2-8H,1H3,(H4,23,24,25,27,28)/p+1. The van der Waals surface area contributed by atoms with Crippen LogP contribution in [0.5, 0.6) is 11.5 Å². The normalized spacial score (nSPS) is 10.9. The Labute approximate surface area is 158 Å². The number of nitrogens with one attached hydrogen (secondary N) is 1. The van der Waals surface area contributed by atoms with E-state index >= 15 is 0 Å². The lowest BCUT2D eigenvalue weighted by molar-refractivity contribution is -0.632. The molecule has 0 spiro atoms. The number of anilines is 1. The van der Waals surface area contributed by atoms with Gasteiger partial charge in [-0.1, -0.05) is 6.07 Å². The van der Waals surface area contributed by atoms with Crippen LogP contribution < -0.4 is 10.4 Å². The van der Waals surface area contributed by atoms with Crippen molar-refractivity contribution in [2.75, 3.05) is 5.73 Å². The number of pyridine rings is 1. The highest BCUT2D eigenvalue weighted by Gasteiger charge is 2.28. The number of hydrogen-bond donors (Lipinski definition) is 4. The van der Waals surface area contributed by atoms with Crippen LogP contribution in [0.15, 0.2) is 42.5 Å². The Morgan fingerprint density at radius 1 is 1.14 bits per heavy atom. The second-order valence-electron chi connectivity index (χ2n) is 6.31. The lowest BCUT2D eigenvalue weighted by Gasteiger charge is -2.07. The maximum absolute atomic E-state index is 13.3. The Hall–Kier alpha value is -4.12. The van der Waals surface area contributed by atoms with E-state index in [1.807, 2.05) is 6.92 Å². The minimum absolute atomic E-state index is 0.0208. The van der Waals surface area contributed by atoms with Crippen molar-refractivity contribution in [3.8, 4) is 34.4 Å². The van der Waals surface area contributed by atoms with Gasteiger partial charge >= 0.3 is 5.65 Å². The molecule has 28 heavy (non-hydrogen) atoms. The SMILES string of the molecule is Cc1[nH][n+](-c2ccc(F)cc2)c2nc(N)c(C#N)c(-c3ccc(O)c(O)c3)c12. The summed E-state index contributed by atoms with van der Waals surface area (Å²) in [4.78, 5) is 4.37. The van der Waals surface area contributed by atoms with Crippen molar-refractivity contribution in [3.63, 3.8) is 0 Å². The number of nitriles is 1. The van der Waals surface area contributed by atoms with Gasteiger partial charge < -0.3 is 15.9 Å². The fraction of sp³-hybridized carbons (Fsp3) is 0.0500. The Kier molecular flexibility index (Phi) is 3.86. The molecule has 0 atom stereocenters. The molecule has 0 aliphatic heterocycles. The number of halogens is 1. The number of rotatable bonds is 2. The molecule has 7 nitrogen and oxygen atoms in total. The molecule has 0 unspecified atom stereocenters. The third-order valence-corrected chi connectivity index (χ3v) is 4.53. The molecular formula is C20H15FN5O2+. The lowest BCUT2D eigenvalue weighted by Crippen LogP contribution is -2.33. The first kappa shape index (κ1) is 17.3. The molecule has 2 heterocycles. The first-order valence-electron chi connectivity index (χ1n) is 8.33. The smallest absolute Gasteiger partial charge is 0.359 e. The lowest BCUT2D eigenvalue weighted by atomic mass is 9.96. The van der Waals surface area contributed by atoms with Crippen molar-refractivity contribution in [2.45, 2.75) is 6.92 Å². The molecule has 0 fully saturated rings. The first-order valence-corrected chi connectivity index (χ1v) is 8.33. The van der Waals surface area contributed by atoms with Crippen LogP contribution in [0.3, 0.4) is 0 Å². The number of nitrogens with two attached hydrogens (primary N) is 1. The maximum Gasteiger partial charge on any atom is 0.359 e. The summed E-state index contributed by atoms with van der Waals surface area (Å²) in [5.41, 5.74) is 8.97. The van der Waals surface area contributed by atoms with Gasteiger partial charge in [0.25, 0.3) is 5.82 Å². The zero-order valence-electron chi connectivity index (χ0n) is 14.7. The quantitative estimate of drug-likeness (QED) is 0.316. The third kappa shape index (κ3) is 2.57. The average molecular weight is 376 g/mol. The Bertz CT molecular complexity index is 1270. The zero-order chi connectivity index (χ0) is 20.0. The van der Waals surface area contributed by atoms with Gasteiger partial charge in [-0.05, 0) is 53.9 Å². The number of aromatic amines is 1. The molecule has 0 amide bonds. The molecule has 4 rings (SSSR count). The minimum Gasteiger partial charge on any atom is -0.504 e. The maximum atomic E-state index is 13.3. The summed E-state index contributed by atoms with van der Waals surface area (Å²) >= 11 is 0. The molecule has 0 aliphatic carbocycles. The summed E-state index contributed by atoms with van der Waals surface area (Å²) in [6, 6.07) is 12.2. The second kappa shape index (κ2) is 6.25. The number of hydrogen-bond acceptors (Lipinski definition) is 5. The van der Waals surface area contributed by atoms with E-state index in [4.69, 9.17) is 5.73 Å². The van der Waals surface area contributed by atoms with Gasteiger partial charge in [-0.2, -0.15) is 5.26 Å². The van der Waals surface area contributed by atoms with E-state index in [0.717, 1.165) is 0 Å². The van der Waals surface area contributed by atoms with Gasteiger partial charge in [0.1, 0.15) is 22.8 Å². The molecular weight excluding hydrogens is 361 g/mol. The van der Waals surface area contributed by atoms with Gasteiger partial charge in [-0.15, -0.1) is 4.68 Å². The molecule has 0 radical (unpaired) electrons. The number of benzene rings is 2. The summed E-state index contributed by atoms with van der Waals surface area (Å²) in [5.74, 6) is -0.930. The van der Waals surface area contributed by atoms with Crippen molar-refractivity contribution in [2.24, 2.45) is 0 Å². The van der Waals surface area contributed by atoms with E-state index in [-0.39, 0.29) is 28.7 Å². The van der Waals surface area contributed by atoms with Crippen molar-refractivity contribution in [1.82, 2.24) is 10.1 Å². The highest BCUT2D eigenvalue weighted by molar-refractivity contribution is 5.99. The van der Waals surface area contributed by atoms with E-state index in [0.29, 0.717) is 33.5 Å². The number of phenols is 2. The molecule has 4 aromatic rings. The Morgan fingerprint density at radius 2 is 1.86 bits per heavy atom. The van der Waals surface area contributed by atoms with Crippen molar-refractivity contribution in [1.29, 1.82) is 5.26 Å². The third-order valence-electron chi connectivity index (χ3n) is 4.53. The van der Waals surface area contributed by atoms with Crippen molar-refractivity contribution in [3.05, 3.63) is 59.5 Å². The highest BCUT2D eigenvalue weighted by atomic mass is 19.1. The molecule has 0 saturated heterocycles. The molecule has 0 saturated carbocycles. The Morgan fingerprint density at radius 3 is 2.50 bits per heavy atom. The molecule has 138 valence electrons. The van der Waals surface area contributed by atoms with Crippen LogP contribution in [0.25, 0.3) is 27.8 Å². The van der Waals surface area contributed by atoms with Crippen LogP contribution in [-0.2, 0) is 0 Å². The summed E-state index contributed by atoms with van der Waals surface area (Å²) in [7, 11) is 0.